The molecular formula is C21H30Si2. The molecule has 0 heterocycles. The molecule has 2 rings (SSSR count). The van der Waals surface area contributed by atoms with Gasteiger partial charge >= 0.3 is 0 Å². The van der Waals surface area contributed by atoms with E-state index in [-0.39, 0.29) is 0 Å². The summed E-state index contributed by atoms with van der Waals surface area (Å²) in [5, 5.41) is 3.12. The van der Waals surface area contributed by atoms with Crippen molar-refractivity contribution < 1.29 is 0 Å². The van der Waals surface area contributed by atoms with Crippen LogP contribution in [0, 0.1) is 0 Å². The van der Waals surface area contributed by atoms with E-state index in [1.54, 1.807) is 15.9 Å². The predicted octanol–water partition coefficient (Wildman–Crippen LogP) is 5.16. The highest BCUT2D eigenvalue weighted by Crippen LogP contribution is 2.19. The van der Waals surface area contributed by atoms with Crippen molar-refractivity contribution in [2.75, 3.05) is 0 Å². The number of hydrogen-bond donors (Lipinski definition) is 0. The van der Waals surface area contributed by atoms with Crippen LogP contribution in [0.2, 0.25) is 38.3 Å². The van der Waals surface area contributed by atoms with Gasteiger partial charge in [0.1, 0.15) is 0 Å². The number of benzene rings is 2. The third-order valence-electron chi connectivity index (χ3n) is 4.79. The van der Waals surface area contributed by atoms with E-state index in [1.807, 2.05) is 0 Å². The Morgan fingerprint density at radius 2 is 1.17 bits per heavy atom. The fraction of sp³-hybridized carbons (Fsp3) is 0.333. The molecule has 0 aliphatic heterocycles. The maximum atomic E-state index is 2.52. The smallest absolute Gasteiger partial charge is 0.0845 e. The van der Waals surface area contributed by atoms with E-state index in [2.05, 4.69) is 99.9 Å². The van der Waals surface area contributed by atoms with E-state index in [0.717, 1.165) is 0 Å². The fourth-order valence-corrected chi connectivity index (χ4v) is 8.22. The van der Waals surface area contributed by atoms with Crippen molar-refractivity contribution in [3.63, 3.8) is 0 Å². The molecule has 0 aliphatic rings. The Labute approximate surface area is 144 Å². The van der Waals surface area contributed by atoms with Crippen molar-refractivity contribution in [1.82, 2.24) is 0 Å². The largest absolute Gasteiger partial charge is 0.0882 e. The predicted molar refractivity (Wildman–Crippen MR) is 110 cm³/mol. The van der Waals surface area contributed by atoms with Gasteiger partial charge in [-0.15, -0.1) is 0 Å². The first-order valence-corrected chi connectivity index (χ1v) is 15.0. The summed E-state index contributed by atoms with van der Waals surface area (Å²) in [6, 6.07) is 24.6. The van der Waals surface area contributed by atoms with Gasteiger partial charge in [-0.05, 0) is 19.0 Å². The molecule has 0 aromatic heterocycles. The maximum absolute atomic E-state index is 2.52. The van der Waals surface area contributed by atoms with Gasteiger partial charge in [0.05, 0.1) is 16.1 Å². The Morgan fingerprint density at radius 3 is 1.65 bits per heavy atom. The van der Waals surface area contributed by atoms with Crippen LogP contribution in [0.5, 0.6) is 0 Å². The molecule has 0 amide bonds. The minimum atomic E-state index is -1.37. The third-order valence-corrected chi connectivity index (χ3v) is 11.3. The third kappa shape index (κ3) is 5.05. The normalized spacial score (nSPS) is 13.2. The van der Waals surface area contributed by atoms with Crippen LogP contribution in [-0.4, -0.2) is 16.1 Å². The van der Waals surface area contributed by atoms with E-state index in [0.29, 0.717) is 0 Å². The van der Waals surface area contributed by atoms with Gasteiger partial charge in [0.25, 0.3) is 0 Å². The molecule has 2 heteroatoms. The molecule has 2 aromatic carbocycles. The van der Waals surface area contributed by atoms with Crippen molar-refractivity contribution in [3.8, 4) is 0 Å². The van der Waals surface area contributed by atoms with E-state index in [4.69, 9.17) is 0 Å². The second-order valence-electron chi connectivity index (χ2n) is 7.93. The minimum absolute atomic E-state index is 1.24. The summed E-state index contributed by atoms with van der Waals surface area (Å²) in [7, 11) is -2.73. The summed E-state index contributed by atoms with van der Waals surface area (Å²) in [6.07, 6.45) is 2.52. The first-order valence-electron chi connectivity index (χ1n) is 8.58. The molecule has 0 saturated heterocycles. The average Bonchev–Trinajstić information content (AvgIpc) is 2.54. The maximum Gasteiger partial charge on any atom is 0.0845 e. The van der Waals surface area contributed by atoms with Gasteiger partial charge in [0.2, 0.25) is 0 Å². The summed E-state index contributed by atoms with van der Waals surface area (Å²) < 4.78 is 0. The SMILES string of the molecule is C/C(=C/C[Si](C)(C)c1ccccc1)C[Si](C)(C)c1ccccc1. The molecule has 0 N–H and O–H groups in total. The highest BCUT2D eigenvalue weighted by molar-refractivity contribution is 6.90. The Morgan fingerprint density at radius 1 is 0.739 bits per heavy atom. The van der Waals surface area contributed by atoms with Gasteiger partial charge in [-0.1, -0.05) is 109 Å². The molecule has 0 radical (unpaired) electrons. The molecule has 0 bridgehead atoms. The number of rotatable bonds is 6. The lowest BCUT2D eigenvalue weighted by molar-refractivity contribution is 1.29. The Balaban J connectivity index is 2.06. The lowest BCUT2D eigenvalue weighted by Gasteiger charge is -2.25. The van der Waals surface area contributed by atoms with Crippen LogP contribution < -0.4 is 10.4 Å². The first-order chi connectivity index (χ1) is 10.8. The molecule has 122 valence electrons. The van der Waals surface area contributed by atoms with E-state index < -0.39 is 16.1 Å². The van der Waals surface area contributed by atoms with Crippen molar-refractivity contribution in [2.45, 2.75) is 45.2 Å². The van der Waals surface area contributed by atoms with Gasteiger partial charge < -0.3 is 0 Å². The second kappa shape index (κ2) is 7.46. The lowest BCUT2D eigenvalue weighted by atomic mass is 10.3. The molecule has 0 fully saturated rings. The van der Waals surface area contributed by atoms with Crippen molar-refractivity contribution in [1.29, 1.82) is 0 Å². The molecule has 0 saturated carbocycles. The van der Waals surface area contributed by atoms with Gasteiger partial charge in [0, 0.05) is 0 Å². The summed E-state index contributed by atoms with van der Waals surface area (Å²) in [5.41, 5.74) is 1.57. The summed E-state index contributed by atoms with van der Waals surface area (Å²) >= 11 is 0. The standard InChI is InChI=1S/C21H30Si2/c1-19(18-23(4,5)21-14-10-7-11-15-21)16-17-22(2,3)20-12-8-6-9-13-20/h6-16H,17-18H2,1-5H3/b19-16-. The zero-order chi connectivity index (χ0) is 16.9. The van der Waals surface area contributed by atoms with E-state index >= 15 is 0 Å². The van der Waals surface area contributed by atoms with Crippen molar-refractivity contribution >= 4 is 26.5 Å². The van der Waals surface area contributed by atoms with Crippen molar-refractivity contribution in [2.24, 2.45) is 0 Å². The van der Waals surface area contributed by atoms with E-state index in [9.17, 15) is 0 Å². The zero-order valence-electron chi connectivity index (χ0n) is 15.3. The molecule has 23 heavy (non-hydrogen) atoms. The van der Waals surface area contributed by atoms with Crippen LogP contribution in [0.1, 0.15) is 6.92 Å². The van der Waals surface area contributed by atoms with Gasteiger partial charge in [-0.3, -0.25) is 0 Å². The Kier molecular flexibility index (Phi) is 5.82. The van der Waals surface area contributed by atoms with Crippen LogP contribution in [0.15, 0.2) is 72.3 Å². The molecule has 2 aromatic rings. The van der Waals surface area contributed by atoms with E-state index in [1.165, 1.54) is 12.1 Å². The van der Waals surface area contributed by atoms with Crippen LogP contribution in [-0.2, 0) is 0 Å². The summed E-state index contributed by atoms with van der Waals surface area (Å²) in [5.74, 6) is 0. The van der Waals surface area contributed by atoms with Crippen LogP contribution in [0.25, 0.3) is 0 Å². The highest BCUT2D eigenvalue weighted by atomic mass is 28.3. The van der Waals surface area contributed by atoms with Gasteiger partial charge in [-0.2, -0.15) is 0 Å². The van der Waals surface area contributed by atoms with Crippen LogP contribution >= 0.6 is 0 Å². The molecule has 0 spiro atoms. The average molecular weight is 339 g/mol. The summed E-state index contributed by atoms with van der Waals surface area (Å²) in [6.45, 7) is 12.3. The van der Waals surface area contributed by atoms with Gasteiger partial charge in [0.15, 0.2) is 0 Å². The zero-order valence-corrected chi connectivity index (χ0v) is 17.3. The molecular weight excluding hydrogens is 308 g/mol. The van der Waals surface area contributed by atoms with Crippen LogP contribution in [0.3, 0.4) is 0 Å². The molecule has 0 aliphatic carbocycles. The van der Waals surface area contributed by atoms with Crippen LogP contribution in [0.4, 0.5) is 0 Å². The molecule has 0 unspecified atom stereocenters. The fourth-order valence-electron chi connectivity index (χ4n) is 3.20. The molecule has 0 nitrogen and oxygen atoms in total. The summed E-state index contributed by atoms with van der Waals surface area (Å²) in [4.78, 5) is 0. The second-order valence-corrected chi connectivity index (χ2v) is 17.4. The quantitative estimate of drug-likeness (QED) is 0.504. The monoisotopic (exact) mass is 338 g/mol. The minimum Gasteiger partial charge on any atom is -0.0882 e. The first kappa shape index (κ1) is 18.0. The lowest BCUT2D eigenvalue weighted by Crippen LogP contribution is -2.42. The van der Waals surface area contributed by atoms with Crippen molar-refractivity contribution in [3.05, 3.63) is 72.3 Å². The number of allylic oxidation sites excluding steroid dienone is 2. The Bertz CT molecular complexity index is 640. The highest BCUT2D eigenvalue weighted by Gasteiger charge is 2.25. The number of hydrogen-bond acceptors (Lipinski definition) is 0. The van der Waals surface area contributed by atoms with Gasteiger partial charge in [-0.25, -0.2) is 0 Å². The molecule has 0 atom stereocenters. The topological polar surface area (TPSA) is 0 Å². The Hall–Kier alpha value is -1.39.